The first-order chi connectivity index (χ1) is 17.3. The summed E-state index contributed by atoms with van der Waals surface area (Å²) in [5, 5.41) is 22.5. The third kappa shape index (κ3) is 5.16. The molecule has 1 N–H and O–H groups in total. The van der Waals surface area contributed by atoms with Crippen molar-refractivity contribution < 1.29 is 32.3 Å². The summed E-state index contributed by atoms with van der Waals surface area (Å²) in [5.41, 5.74) is 1.30. The first-order valence-corrected chi connectivity index (χ1v) is 12.6. The SMILES string of the molecule is COc1cccc(-c2nnc(CS(=O)(=O)C[C@H](O)c3cc(C)no3)n2-c2c(OC)cccc2OC)n1. The maximum Gasteiger partial charge on any atom is 0.213 e. The summed E-state index contributed by atoms with van der Waals surface area (Å²) in [7, 11) is 0.542. The first-order valence-electron chi connectivity index (χ1n) is 10.7. The molecule has 4 rings (SSSR count). The van der Waals surface area contributed by atoms with Crippen molar-refractivity contribution >= 4 is 9.84 Å². The number of pyridine rings is 1. The van der Waals surface area contributed by atoms with Crippen LogP contribution in [0.1, 0.15) is 23.4 Å². The molecule has 0 bridgehead atoms. The minimum absolute atomic E-state index is 0.0604. The van der Waals surface area contributed by atoms with E-state index in [4.69, 9.17) is 18.7 Å². The molecule has 0 amide bonds. The van der Waals surface area contributed by atoms with Crippen molar-refractivity contribution in [3.05, 3.63) is 59.7 Å². The van der Waals surface area contributed by atoms with E-state index in [-0.39, 0.29) is 17.4 Å². The molecule has 190 valence electrons. The van der Waals surface area contributed by atoms with Gasteiger partial charge in [-0.25, -0.2) is 13.4 Å². The lowest BCUT2D eigenvalue weighted by atomic mass is 10.2. The highest BCUT2D eigenvalue weighted by Gasteiger charge is 2.28. The highest BCUT2D eigenvalue weighted by atomic mass is 32.2. The third-order valence-electron chi connectivity index (χ3n) is 5.25. The van der Waals surface area contributed by atoms with Crippen molar-refractivity contribution in [3.63, 3.8) is 0 Å². The maximum atomic E-state index is 13.1. The molecule has 4 aromatic rings. The molecule has 13 heteroatoms. The van der Waals surface area contributed by atoms with Crippen molar-refractivity contribution in [2.45, 2.75) is 18.8 Å². The van der Waals surface area contributed by atoms with E-state index in [1.807, 2.05) is 0 Å². The molecule has 0 fully saturated rings. The number of aliphatic hydroxyl groups is 1. The van der Waals surface area contributed by atoms with Crippen LogP contribution in [-0.2, 0) is 15.6 Å². The largest absolute Gasteiger partial charge is 0.494 e. The number of para-hydroxylation sites is 1. The van der Waals surface area contributed by atoms with Gasteiger partial charge in [-0.1, -0.05) is 17.3 Å². The number of rotatable bonds is 10. The van der Waals surface area contributed by atoms with E-state index in [0.29, 0.717) is 34.5 Å². The van der Waals surface area contributed by atoms with Gasteiger partial charge in [0.2, 0.25) is 5.88 Å². The number of ether oxygens (including phenoxy) is 3. The summed E-state index contributed by atoms with van der Waals surface area (Å²) in [6.45, 7) is 1.67. The summed E-state index contributed by atoms with van der Waals surface area (Å²) >= 11 is 0. The van der Waals surface area contributed by atoms with E-state index in [9.17, 15) is 13.5 Å². The molecule has 0 aliphatic carbocycles. The Morgan fingerprint density at radius 1 is 1.03 bits per heavy atom. The Balaban J connectivity index is 1.82. The average molecular weight is 516 g/mol. The molecule has 3 aromatic heterocycles. The number of hydrogen-bond acceptors (Lipinski definition) is 11. The topological polar surface area (TPSA) is 152 Å². The van der Waals surface area contributed by atoms with Crippen molar-refractivity contribution in [1.82, 2.24) is 24.9 Å². The lowest BCUT2D eigenvalue weighted by Crippen LogP contribution is -2.18. The van der Waals surface area contributed by atoms with Crippen LogP contribution in [0.2, 0.25) is 0 Å². The normalized spacial score (nSPS) is 12.4. The van der Waals surface area contributed by atoms with Crippen LogP contribution in [0.15, 0.2) is 47.0 Å². The Kier molecular flexibility index (Phi) is 7.22. The Morgan fingerprint density at radius 2 is 1.72 bits per heavy atom. The smallest absolute Gasteiger partial charge is 0.213 e. The van der Waals surface area contributed by atoms with Crippen LogP contribution in [0.4, 0.5) is 0 Å². The van der Waals surface area contributed by atoms with Crippen LogP contribution >= 0.6 is 0 Å². The van der Waals surface area contributed by atoms with Gasteiger partial charge < -0.3 is 23.8 Å². The monoisotopic (exact) mass is 515 g/mol. The van der Waals surface area contributed by atoms with Gasteiger partial charge in [-0.15, -0.1) is 10.2 Å². The number of aliphatic hydroxyl groups excluding tert-OH is 1. The second-order valence-electron chi connectivity index (χ2n) is 7.79. The van der Waals surface area contributed by atoms with Gasteiger partial charge in [0, 0.05) is 12.1 Å². The second kappa shape index (κ2) is 10.3. The quantitative estimate of drug-likeness (QED) is 0.331. The standard InChI is InChI=1S/C23H25N5O7S/c1-14-11-19(35-27-14)16(29)12-36(30,31)13-20-25-26-23(15-7-5-10-21(24-15)34-4)28(20)22-17(32-2)8-6-9-18(22)33-3/h5-11,16,29H,12-13H2,1-4H3/t16-/m0/s1. The van der Waals surface area contributed by atoms with Gasteiger partial charge in [-0.2, -0.15) is 0 Å². The number of hydrogen-bond donors (Lipinski definition) is 1. The zero-order chi connectivity index (χ0) is 25.9. The van der Waals surface area contributed by atoms with Gasteiger partial charge in [0.1, 0.15) is 34.7 Å². The highest BCUT2D eigenvalue weighted by Crippen LogP contribution is 2.36. The number of aryl methyl sites for hydroxylation is 1. The zero-order valence-electron chi connectivity index (χ0n) is 20.1. The van der Waals surface area contributed by atoms with Gasteiger partial charge in [-0.3, -0.25) is 4.57 Å². The summed E-state index contributed by atoms with van der Waals surface area (Å²) in [6.07, 6.45) is -1.40. The van der Waals surface area contributed by atoms with E-state index >= 15 is 0 Å². The Hall–Kier alpha value is -3.97. The van der Waals surface area contributed by atoms with Gasteiger partial charge in [0.05, 0.1) is 32.8 Å². The molecule has 0 aliphatic heterocycles. The predicted molar refractivity (Wildman–Crippen MR) is 128 cm³/mol. The molecule has 36 heavy (non-hydrogen) atoms. The van der Waals surface area contributed by atoms with Crippen LogP contribution < -0.4 is 14.2 Å². The fourth-order valence-corrected chi connectivity index (χ4v) is 4.98. The molecule has 3 heterocycles. The van der Waals surface area contributed by atoms with E-state index < -0.39 is 27.4 Å². The zero-order valence-corrected chi connectivity index (χ0v) is 20.9. The molecule has 1 atom stereocenters. The van der Waals surface area contributed by atoms with Gasteiger partial charge in [0.15, 0.2) is 27.2 Å². The fraction of sp³-hybridized carbons (Fsp3) is 0.304. The maximum absolute atomic E-state index is 13.1. The third-order valence-corrected chi connectivity index (χ3v) is 6.77. The van der Waals surface area contributed by atoms with E-state index in [1.165, 1.54) is 32.0 Å². The summed E-state index contributed by atoms with van der Waals surface area (Å²) in [5.74, 6) is 0.355. The number of methoxy groups -OCH3 is 3. The van der Waals surface area contributed by atoms with Crippen LogP contribution in [-0.4, -0.2) is 65.5 Å². The lowest BCUT2D eigenvalue weighted by Gasteiger charge is -2.17. The number of nitrogens with zero attached hydrogens (tertiary/aromatic N) is 5. The molecular weight excluding hydrogens is 490 g/mol. The molecule has 1 aromatic carbocycles. The predicted octanol–water partition coefficient (Wildman–Crippen LogP) is 2.30. The average Bonchev–Trinajstić information content (AvgIpc) is 3.49. The van der Waals surface area contributed by atoms with Gasteiger partial charge >= 0.3 is 0 Å². The fourth-order valence-electron chi connectivity index (χ4n) is 3.63. The van der Waals surface area contributed by atoms with E-state index in [2.05, 4.69) is 20.3 Å². The van der Waals surface area contributed by atoms with Gasteiger partial charge in [-0.05, 0) is 25.1 Å². The van der Waals surface area contributed by atoms with Crippen molar-refractivity contribution in [2.75, 3.05) is 27.1 Å². The molecule has 0 saturated heterocycles. The number of benzene rings is 1. The van der Waals surface area contributed by atoms with Crippen LogP contribution in [0.5, 0.6) is 17.4 Å². The molecule has 12 nitrogen and oxygen atoms in total. The minimum atomic E-state index is -3.91. The number of sulfone groups is 1. The molecular formula is C23H25N5O7S. The molecule has 0 unspecified atom stereocenters. The first kappa shape index (κ1) is 25.1. The van der Waals surface area contributed by atoms with Crippen molar-refractivity contribution in [2.24, 2.45) is 0 Å². The summed E-state index contributed by atoms with van der Waals surface area (Å²) in [6, 6.07) is 11.7. The summed E-state index contributed by atoms with van der Waals surface area (Å²) in [4.78, 5) is 4.42. The van der Waals surface area contributed by atoms with Crippen molar-refractivity contribution in [3.8, 4) is 34.6 Å². The molecule has 0 spiro atoms. The van der Waals surface area contributed by atoms with Crippen molar-refractivity contribution in [1.29, 1.82) is 0 Å². The molecule has 0 radical (unpaired) electrons. The lowest BCUT2D eigenvalue weighted by molar-refractivity contribution is 0.160. The van der Waals surface area contributed by atoms with E-state index in [0.717, 1.165) is 0 Å². The highest BCUT2D eigenvalue weighted by molar-refractivity contribution is 7.90. The van der Waals surface area contributed by atoms with E-state index in [1.54, 1.807) is 43.3 Å². The van der Waals surface area contributed by atoms with Crippen LogP contribution in [0, 0.1) is 6.92 Å². The summed E-state index contributed by atoms with van der Waals surface area (Å²) < 4.78 is 49.1. The van der Waals surface area contributed by atoms with Crippen LogP contribution in [0.3, 0.4) is 0 Å². The molecule has 0 aliphatic rings. The molecule has 0 saturated carbocycles. The Labute approximate surface area is 207 Å². The van der Waals surface area contributed by atoms with Crippen LogP contribution in [0.25, 0.3) is 17.2 Å². The minimum Gasteiger partial charge on any atom is -0.494 e. The Morgan fingerprint density at radius 3 is 2.33 bits per heavy atom. The Bertz CT molecular complexity index is 1440. The van der Waals surface area contributed by atoms with Gasteiger partial charge in [0.25, 0.3) is 0 Å². The number of aromatic nitrogens is 5. The second-order valence-corrected chi connectivity index (χ2v) is 9.90.